The largest absolute Gasteiger partial charge is 0.481 e. The van der Waals surface area contributed by atoms with Gasteiger partial charge in [0, 0.05) is 13.0 Å². The van der Waals surface area contributed by atoms with Crippen molar-refractivity contribution in [1.29, 1.82) is 0 Å². The molecule has 0 aromatic heterocycles. The summed E-state index contributed by atoms with van der Waals surface area (Å²) < 4.78 is 0. The number of hydrogen-bond donors (Lipinski definition) is 7. The quantitative estimate of drug-likeness (QED) is 0.156. The first kappa shape index (κ1) is 29.6. The minimum absolute atomic E-state index is 0.0465. The molecule has 37 heavy (non-hydrogen) atoms. The monoisotopic (exact) mass is 520 g/mol. The van der Waals surface area contributed by atoms with Crippen molar-refractivity contribution in [2.75, 3.05) is 6.54 Å². The highest BCUT2D eigenvalue weighted by Gasteiger charge is 2.25. The van der Waals surface area contributed by atoms with Gasteiger partial charge in [-0.2, -0.15) is 0 Å². The second-order valence-electron chi connectivity index (χ2n) is 9.30. The molecule has 0 spiro atoms. The summed E-state index contributed by atoms with van der Waals surface area (Å²) in [7, 11) is 0. The Morgan fingerprint density at radius 3 is 2.00 bits per heavy atom. The van der Waals surface area contributed by atoms with Crippen molar-refractivity contribution in [3.8, 4) is 0 Å². The molecule has 0 heterocycles. The first-order valence-electron chi connectivity index (χ1n) is 12.4. The molecule has 8 N–H and O–H groups in total. The maximum atomic E-state index is 12.3. The Kier molecular flexibility index (Phi) is 11.8. The van der Waals surface area contributed by atoms with Crippen molar-refractivity contribution < 1.29 is 39.3 Å². The summed E-state index contributed by atoms with van der Waals surface area (Å²) in [5.41, 5.74) is 8.32. The van der Waals surface area contributed by atoms with Crippen LogP contribution in [0.5, 0.6) is 0 Å². The van der Waals surface area contributed by atoms with Gasteiger partial charge >= 0.3 is 23.9 Å². The van der Waals surface area contributed by atoms with Crippen LogP contribution in [0.4, 0.5) is 4.79 Å². The maximum Gasteiger partial charge on any atom is 0.326 e. The van der Waals surface area contributed by atoms with Crippen molar-refractivity contribution >= 4 is 29.8 Å². The Morgan fingerprint density at radius 2 is 1.49 bits per heavy atom. The zero-order valence-corrected chi connectivity index (χ0v) is 20.7. The van der Waals surface area contributed by atoms with Crippen LogP contribution >= 0.6 is 0 Å². The molecule has 1 aliphatic rings. The summed E-state index contributed by atoms with van der Waals surface area (Å²) in [6.45, 7) is 0.280. The number of urea groups is 1. The average Bonchev–Trinajstić information content (AvgIpc) is 2.80. The lowest BCUT2D eigenvalue weighted by Crippen LogP contribution is -2.51. The van der Waals surface area contributed by atoms with E-state index in [0.717, 1.165) is 5.56 Å². The summed E-state index contributed by atoms with van der Waals surface area (Å²) in [6.07, 6.45) is 4.14. The maximum absolute atomic E-state index is 12.3. The van der Waals surface area contributed by atoms with Gasteiger partial charge in [0.2, 0.25) is 5.91 Å². The van der Waals surface area contributed by atoms with Crippen molar-refractivity contribution in [1.82, 2.24) is 16.0 Å². The Morgan fingerprint density at radius 1 is 0.892 bits per heavy atom. The number of unbranched alkanes of at least 4 members (excludes halogenated alkanes) is 1. The third-order valence-electron chi connectivity index (χ3n) is 6.42. The molecule has 0 unspecified atom stereocenters. The van der Waals surface area contributed by atoms with Crippen LogP contribution in [0.25, 0.3) is 0 Å². The Bertz CT molecular complexity index is 949. The molecule has 1 aliphatic carbocycles. The van der Waals surface area contributed by atoms with Gasteiger partial charge in [0.05, 0.1) is 6.04 Å². The predicted octanol–water partition coefficient (Wildman–Crippen LogP) is 1.18. The van der Waals surface area contributed by atoms with E-state index in [1.54, 1.807) is 0 Å². The number of carbonyl (C=O) groups is 5. The third kappa shape index (κ3) is 10.5. The summed E-state index contributed by atoms with van der Waals surface area (Å²) in [6, 6.07) is 3.70. The first-order valence-corrected chi connectivity index (χ1v) is 12.4. The number of carboxylic acids is 3. The van der Waals surface area contributed by atoms with Crippen molar-refractivity contribution in [2.24, 2.45) is 5.73 Å². The van der Waals surface area contributed by atoms with E-state index in [-0.39, 0.29) is 25.3 Å². The zero-order valence-electron chi connectivity index (χ0n) is 20.7. The molecule has 12 nitrogen and oxygen atoms in total. The number of carbonyl (C=O) groups excluding carboxylic acids is 2. The van der Waals surface area contributed by atoms with Crippen molar-refractivity contribution in [3.05, 3.63) is 35.4 Å². The number of amides is 3. The standard InChI is InChI=1S/C25H36N4O8/c26-18(14-15-7-9-17(10-8-15)16-4-3-5-16)22(32)27-13-2-1-6-19(23(33)34)28-25(37)29-20(24(35)36)11-12-21(30)31/h7-10,16,18-20H,1-6,11-14,26H2,(H,27,32)(H,30,31)(H,33,34)(H,35,36)(H2,28,29,37)/t18-,19-,20-/m0/s1. The van der Waals surface area contributed by atoms with Gasteiger partial charge in [-0.25, -0.2) is 14.4 Å². The van der Waals surface area contributed by atoms with Crippen LogP contribution in [0, 0.1) is 0 Å². The van der Waals surface area contributed by atoms with Gasteiger partial charge < -0.3 is 37.0 Å². The number of nitrogens with one attached hydrogen (secondary N) is 3. The summed E-state index contributed by atoms with van der Waals surface area (Å²) in [5.74, 6) is -3.62. The lowest BCUT2D eigenvalue weighted by Gasteiger charge is -2.25. The van der Waals surface area contributed by atoms with Crippen LogP contribution < -0.4 is 21.7 Å². The van der Waals surface area contributed by atoms with E-state index in [4.69, 9.17) is 15.9 Å². The van der Waals surface area contributed by atoms with Crippen LogP contribution in [-0.2, 0) is 25.6 Å². The van der Waals surface area contributed by atoms with Crippen molar-refractivity contribution in [3.63, 3.8) is 0 Å². The number of aliphatic carboxylic acids is 3. The molecule has 1 saturated carbocycles. The molecule has 0 radical (unpaired) electrons. The van der Waals surface area contributed by atoms with Crippen LogP contribution in [0.15, 0.2) is 24.3 Å². The minimum atomic E-state index is -1.47. The van der Waals surface area contributed by atoms with E-state index in [1.165, 1.54) is 24.8 Å². The number of carboxylic acid groups (broad SMARTS) is 3. The molecule has 204 valence electrons. The van der Waals surface area contributed by atoms with Gasteiger partial charge in [-0.15, -0.1) is 0 Å². The molecular weight excluding hydrogens is 484 g/mol. The third-order valence-corrected chi connectivity index (χ3v) is 6.42. The lowest BCUT2D eigenvalue weighted by molar-refractivity contribution is -0.140. The molecule has 0 bridgehead atoms. The normalized spacial score (nSPS) is 15.5. The lowest BCUT2D eigenvalue weighted by atomic mass is 9.80. The topological polar surface area (TPSA) is 208 Å². The van der Waals surface area contributed by atoms with Gasteiger partial charge in [0.25, 0.3) is 0 Å². The summed E-state index contributed by atoms with van der Waals surface area (Å²) in [5, 5.41) is 34.1. The fourth-order valence-corrected chi connectivity index (χ4v) is 3.97. The van der Waals surface area contributed by atoms with Gasteiger partial charge in [-0.05, 0) is 62.0 Å². The fourth-order valence-electron chi connectivity index (χ4n) is 3.97. The SMILES string of the molecule is N[C@@H](Cc1ccc(C2CCC2)cc1)C(=O)NCCCC[C@H](NC(=O)N[C@@H](CCC(=O)O)C(=O)O)C(=O)O. The van der Waals surface area contributed by atoms with E-state index in [9.17, 15) is 29.1 Å². The molecule has 12 heteroatoms. The second-order valence-corrected chi connectivity index (χ2v) is 9.30. The van der Waals surface area contributed by atoms with Crippen LogP contribution in [0.3, 0.4) is 0 Å². The highest BCUT2D eigenvalue weighted by atomic mass is 16.4. The van der Waals surface area contributed by atoms with Crippen LogP contribution in [0.2, 0.25) is 0 Å². The fraction of sp³-hybridized carbons (Fsp3) is 0.560. The number of hydrogen-bond acceptors (Lipinski definition) is 6. The van der Waals surface area contributed by atoms with Crippen LogP contribution in [-0.4, -0.2) is 69.8 Å². The van der Waals surface area contributed by atoms with Gasteiger partial charge in [-0.3, -0.25) is 9.59 Å². The average molecular weight is 521 g/mol. The Labute approximate surface area is 215 Å². The Hall–Kier alpha value is -3.67. The predicted molar refractivity (Wildman–Crippen MR) is 133 cm³/mol. The minimum Gasteiger partial charge on any atom is -0.481 e. The van der Waals surface area contributed by atoms with Crippen molar-refractivity contribution in [2.45, 2.75) is 81.8 Å². The summed E-state index contributed by atoms with van der Waals surface area (Å²) in [4.78, 5) is 57.6. The molecular formula is C25H36N4O8. The molecule has 0 aliphatic heterocycles. The van der Waals surface area contributed by atoms with Gasteiger partial charge in [0.1, 0.15) is 12.1 Å². The zero-order chi connectivity index (χ0) is 27.4. The molecule has 3 amide bonds. The smallest absolute Gasteiger partial charge is 0.326 e. The van der Waals surface area contributed by atoms with Gasteiger partial charge in [0.15, 0.2) is 0 Å². The molecule has 3 atom stereocenters. The molecule has 1 aromatic rings. The van der Waals surface area contributed by atoms with E-state index in [2.05, 4.69) is 28.1 Å². The molecule has 1 fully saturated rings. The van der Waals surface area contributed by atoms with E-state index in [1.807, 2.05) is 12.1 Å². The summed E-state index contributed by atoms with van der Waals surface area (Å²) >= 11 is 0. The van der Waals surface area contributed by atoms with Gasteiger partial charge in [-0.1, -0.05) is 30.7 Å². The number of benzene rings is 1. The highest BCUT2D eigenvalue weighted by molar-refractivity contribution is 5.86. The first-order chi connectivity index (χ1) is 17.6. The van der Waals surface area contributed by atoms with E-state index >= 15 is 0 Å². The number of nitrogens with two attached hydrogens (primary N) is 1. The van der Waals surface area contributed by atoms with Crippen LogP contribution in [0.1, 0.15) is 68.4 Å². The Balaban J connectivity index is 1.68. The highest BCUT2D eigenvalue weighted by Crippen LogP contribution is 2.36. The molecule has 2 rings (SSSR count). The second kappa shape index (κ2) is 14.8. The number of rotatable bonds is 16. The van der Waals surface area contributed by atoms with E-state index < -0.39 is 48.5 Å². The molecule has 1 aromatic carbocycles. The molecule has 0 saturated heterocycles. The van der Waals surface area contributed by atoms with E-state index in [0.29, 0.717) is 25.2 Å².